The largest absolute Gasteiger partial charge is 0.398 e. The van der Waals surface area contributed by atoms with Crippen molar-refractivity contribution < 1.29 is 8.42 Å². The monoisotopic (exact) mass is 391 g/mol. The van der Waals surface area contributed by atoms with Crippen LogP contribution in [0.2, 0.25) is 5.02 Å². The molecule has 21 heavy (non-hydrogen) atoms. The van der Waals surface area contributed by atoms with Gasteiger partial charge in [0.1, 0.15) is 0 Å². The smallest absolute Gasteiger partial charge is 0.186 e. The zero-order valence-electron chi connectivity index (χ0n) is 11.6. The molecule has 114 valence electrons. The topological polar surface area (TPSA) is 78.0 Å². The second-order valence-electron chi connectivity index (χ2n) is 4.60. The van der Waals surface area contributed by atoms with Crippen molar-refractivity contribution in [2.75, 3.05) is 5.73 Å². The molecule has 0 unspecified atom stereocenters. The number of aryl methyl sites for hydroxylation is 2. The SMILES string of the molecule is CCn1nc(C)c(Cl)c1CS(=O)(=O)c1ccc(Br)cc1N. The Morgan fingerprint density at radius 3 is 2.67 bits per heavy atom. The highest BCUT2D eigenvalue weighted by atomic mass is 79.9. The van der Waals surface area contributed by atoms with E-state index in [1.54, 1.807) is 23.7 Å². The molecule has 1 aromatic heterocycles. The van der Waals surface area contributed by atoms with E-state index in [4.69, 9.17) is 17.3 Å². The Balaban J connectivity index is 2.47. The first-order chi connectivity index (χ1) is 9.76. The lowest BCUT2D eigenvalue weighted by Gasteiger charge is -2.09. The maximum Gasteiger partial charge on any atom is 0.186 e. The molecular weight excluding hydrogens is 378 g/mol. The van der Waals surface area contributed by atoms with Gasteiger partial charge < -0.3 is 5.73 Å². The van der Waals surface area contributed by atoms with E-state index in [0.29, 0.717) is 23.0 Å². The minimum absolute atomic E-state index is 0.100. The number of benzene rings is 1. The quantitative estimate of drug-likeness (QED) is 0.811. The van der Waals surface area contributed by atoms with Crippen LogP contribution in [0.3, 0.4) is 0 Å². The molecule has 0 aliphatic heterocycles. The number of nitrogens with two attached hydrogens (primary N) is 1. The van der Waals surface area contributed by atoms with Gasteiger partial charge >= 0.3 is 0 Å². The average Bonchev–Trinajstić information content (AvgIpc) is 2.65. The molecule has 1 aromatic carbocycles. The summed E-state index contributed by atoms with van der Waals surface area (Å²) in [5.74, 6) is -0.230. The van der Waals surface area contributed by atoms with Gasteiger partial charge in [0, 0.05) is 11.0 Å². The van der Waals surface area contributed by atoms with Crippen molar-refractivity contribution in [1.82, 2.24) is 9.78 Å². The molecule has 0 saturated heterocycles. The maximum atomic E-state index is 12.6. The van der Waals surface area contributed by atoms with E-state index < -0.39 is 9.84 Å². The highest BCUT2D eigenvalue weighted by Crippen LogP contribution is 2.29. The van der Waals surface area contributed by atoms with Gasteiger partial charge in [0.15, 0.2) is 9.84 Å². The Hall–Kier alpha value is -1.05. The van der Waals surface area contributed by atoms with Crippen molar-refractivity contribution >= 4 is 43.1 Å². The third-order valence-corrected chi connectivity index (χ3v) is 5.77. The van der Waals surface area contributed by atoms with Crippen LogP contribution in [0, 0.1) is 6.92 Å². The number of sulfone groups is 1. The average molecular weight is 393 g/mol. The zero-order chi connectivity index (χ0) is 15.8. The number of anilines is 1. The lowest BCUT2D eigenvalue weighted by atomic mass is 10.3. The summed E-state index contributed by atoms with van der Waals surface area (Å²) >= 11 is 9.42. The normalized spacial score (nSPS) is 11.8. The molecule has 0 amide bonds. The van der Waals surface area contributed by atoms with Crippen LogP contribution in [0.5, 0.6) is 0 Å². The molecule has 0 aliphatic carbocycles. The summed E-state index contributed by atoms with van der Waals surface area (Å²) in [6.07, 6.45) is 0. The van der Waals surface area contributed by atoms with Crippen molar-refractivity contribution in [2.24, 2.45) is 0 Å². The molecule has 2 N–H and O–H groups in total. The summed E-state index contributed by atoms with van der Waals surface area (Å²) in [5.41, 5.74) is 7.12. The van der Waals surface area contributed by atoms with Crippen LogP contribution < -0.4 is 5.73 Å². The van der Waals surface area contributed by atoms with E-state index >= 15 is 0 Å². The number of nitrogens with zero attached hydrogens (tertiary/aromatic N) is 2. The molecule has 0 saturated carbocycles. The van der Waals surface area contributed by atoms with Crippen LogP contribution in [0.15, 0.2) is 27.6 Å². The molecule has 0 spiro atoms. The van der Waals surface area contributed by atoms with Crippen LogP contribution in [-0.2, 0) is 22.1 Å². The molecule has 2 rings (SSSR count). The van der Waals surface area contributed by atoms with Crippen LogP contribution in [0.4, 0.5) is 5.69 Å². The van der Waals surface area contributed by atoms with E-state index in [1.165, 1.54) is 6.07 Å². The first-order valence-corrected chi connectivity index (χ1v) is 9.08. The molecule has 0 fully saturated rings. The highest BCUT2D eigenvalue weighted by molar-refractivity contribution is 9.10. The van der Waals surface area contributed by atoms with Crippen molar-refractivity contribution in [3.05, 3.63) is 39.1 Å². The van der Waals surface area contributed by atoms with Crippen molar-refractivity contribution in [2.45, 2.75) is 31.0 Å². The number of rotatable bonds is 4. The highest BCUT2D eigenvalue weighted by Gasteiger charge is 2.23. The predicted octanol–water partition coefficient (Wildman–Crippen LogP) is 3.18. The van der Waals surface area contributed by atoms with Gasteiger partial charge in [0.25, 0.3) is 0 Å². The summed E-state index contributed by atoms with van der Waals surface area (Å²) in [4.78, 5) is 0.100. The summed E-state index contributed by atoms with van der Waals surface area (Å²) in [6, 6.07) is 4.70. The summed E-state index contributed by atoms with van der Waals surface area (Å²) in [5, 5.41) is 4.61. The molecule has 1 heterocycles. The van der Waals surface area contributed by atoms with Crippen molar-refractivity contribution in [1.29, 1.82) is 0 Å². The summed E-state index contributed by atoms with van der Waals surface area (Å²) in [7, 11) is -3.59. The Labute approximate surface area is 137 Å². The molecule has 0 bridgehead atoms. The van der Waals surface area contributed by atoms with Crippen molar-refractivity contribution in [3.63, 3.8) is 0 Å². The fourth-order valence-electron chi connectivity index (χ4n) is 2.07. The van der Waals surface area contributed by atoms with Crippen LogP contribution >= 0.6 is 27.5 Å². The predicted molar refractivity (Wildman–Crippen MR) is 87.1 cm³/mol. The Bertz CT molecular complexity index is 787. The lowest BCUT2D eigenvalue weighted by Crippen LogP contribution is -2.12. The van der Waals surface area contributed by atoms with Gasteiger partial charge in [-0.1, -0.05) is 27.5 Å². The fraction of sp³-hybridized carbons (Fsp3) is 0.308. The van der Waals surface area contributed by atoms with Gasteiger partial charge in [-0.2, -0.15) is 5.10 Å². The van der Waals surface area contributed by atoms with E-state index in [0.717, 1.165) is 4.47 Å². The molecule has 0 radical (unpaired) electrons. The number of hydrogen-bond acceptors (Lipinski definition) is 4. The summed E-state index contributed by atoms with van der Waals surface area (Å²) < 4.78 is 27.5. The zero-order valence-corrected chi connectivity index (χ0v) is 14.8. The van der Waals surface area contributed by atoms with Gasteiger partial charge in [-0.3, -0.25) is 4.68 Å². The number of hydrogen-bond donors (Lipinski definition) is 1. The number of halogens is 2. The first kappa shape index (κ1) is 16.3. The van der Waals surface area contributed by atoms with E-state index in [2.05, 4.69) is 21.0 Å². The minimum Gasteiger partial charge on any atom is -0.398 e. The second-order valence-corrected chi connectivity index (χ2v) is 7.85. The fourth-order valence-corrected chi connectivity index (χ4v) is 4.23. The molecular formula is C13H15BrClN3O2S. The van der Waals surface area contributed by atoms with Gasteiger partial charge in [0.05, 0.1) is 32.7 Å². The number of aromatic nitrogens is 2. The van der Waals surface area contributed by atoms with Crippen molar-refractivity contribution in [3.8, 4) is 0 Å². The standard InChI is InChI=1S/C13H15BrClN3O2S/c1-3-18-11(13(15)8(2)17-18)7-21(19,20)12-5-4-9(14)6-10(12)16/h4-6H,3,7,16H2,1-2H3. The van der Waals surface area contributed by atoms with E-state index in [9.17, 15) is 8.42 Å². The van der Waals surface area contributed by atoms with Crippen LogP contribution in [-0.4, -0.2) is 18.2 Å². The molecule has 0 atom stereocenters. The van der Waals surface area contributed by atoms with Crippen LogP contribution in [0.1, 0.15) is 18.3 Å². The minimum atomic E-state index is -3.59. The number of nitrogen functional groups attached to an aromatic ring is 1. The third-order valence-electron chi connectivity index (χ3n) is 3.09. The summed E-state index contributed by atoms with van der Waals surface area (Å²) in [6.45, 7) is 4.18. The van der Waals surface area contributed by atoms with Gasteiger partial charge in [-0.15, -0.1) is 0 Å². The molecule has 5 nitrogen and oxygen atoms in total. The van der Waals surface area contributed by atoms with Gasteiger partial charge in [0.2, 0.25) is 0 Å². The van der Waals surface area contributed by atoms with Crippen LogP contribution in [0.25, 0.3) is 0 Å². The van der Waals surface area contributed by atoms with Gasteiger partial charge in [-0.25, -0.2) is 8.42 Å². The van der Waals surface area contributed by atoms with E-state index in [-0.39, 0.29) is 16.3 Å². The van der Waals surface area contributed by atoms with E-state index in [1.807, 2.05) is 6.92 Å². The van der Waals surface area contributed by atoms with Gasteiger partial charge in [-0.05, 0) is 32.0 Å². The molecule has 0 aliphatic rings. The molecule has 2 aromatic rings. The third kappa shape index (κ3) is 3.25. The first-order valence-electron chi connectivity index (χ1n) is 6.25. The lowest BCUT2D eigenvalue weighted by molar-refractivity contribution is 0.586. The Morgan fingerprint density at radius 2 is 2.10 bits per heavy atom. The maximum absolute atomic E-state index is 12.6. The second kappa shape index (κ2) is 5.98. The molecule has 8 heteroatoms. The Morgan fingerprint density at radius 1 is 1.43 bits per heavy atom. The Kier molecular flexibility index (Phi) is 4.65.